The highest BCUT2D eigenvalue weighted by atomic mass is 16.4. The first kappa shape index (κ1) is 16.0. The van der Waals surface area contributed by atoms with Crippen molar-refractivity contribution < 1.29 is 19.8 Å². The molecule has 2 aromatic rings. The van der Waals surface area contributed by atoms with Crippen LogP contribution in [0.1, 0.15) is 23.1 Å². The van der Waals surface area contributed by atoms with Crippen molar-refractivity contribution in [1.29, 1.82) is 0 Å². The Morgan fingerprint density at radius 1 is 1.21 bits per heavy atom. The number of hydrogen-bond acceptors (Lipinski definition) is 4. The fraction of sp³-hybridized carbons (Fsp3) is 0.278. The zero-order valence-electron chi connectivity index (χ0n) is 13.1. The second-order valence-electron chi connectivity index (χ2n) is 5.97. The third kappa shape index (κ3) is 3.53. The molecule has 2 N–H and O–H groups in total. The molecule has 1 amide bonds. The number of nitrogens with zero attached hydrogens (tertiary/aromatic N) is 2. The molecule has 0 saturated carbocycles. The van der Waals surface area contributed by atoms with E-state index in [0.29, 0.717) is 18.5 Å². The zero-order chi connectivity index (χ0) is 17.1. The van der Waals surface area contributed by atoms with E-state index < -0.39 is 5.97 Å². The van der Waals surface area contributed by atoms with Crippen LogP contribution < -0.4 is 0 Å². The summed E-state index contributed by atoms with van der Waals surface area (Å²) in [5.74, 6) is -1.08. The normalized spacial score (nSPS) is 16.5. The predicted octanol–water partition coefficient (Wildman–Crippen LogP) is 1.76. The van der Waals surface area contributed by atoms with Crippen molar-refractivity contribution in [1.82, 2.24) is 9.88 Å². The lowest BCUT2D eigenvalue weighted by Crippen LogP contribution is -2.46. The van der Waals surface area contributed by atoms with Gasteiger partial charge in [0.25, 0.3) is 0 Å². The highest BCUT2D eigenvalue weighted by Crippen LogP contribution is 2.26. The maximum absolute atomic E-state index is 12.7. The fourth-order valence-electron chi connectivity index (χ4n) is 3.11. The molecule has 0 aliphatic carbocycles. The van der Waals surface area contributed by atoms with Gasteiger partial charge < -0.3 is 15.1 Å². The van der Waals surface area contributed by atoms with Crippen molar-refractivity contribution in [3.8, 4) is 5.75 Å². The molecular weight excluding hydrogens is 308 g/mol. The summed E-state index contributed by atoms with van der Waals surface area (Å²) < 4.78 is 0. The van der Waals surface area contributed by atoms with Crippen molar-refractivity contribution >= 4 is 11.9 Å². The number of aromatic nitrogens is 1. The molecule has 6 heteroatoms. The first-order valence-electron chi connectivity index (χ1n) is 7.74. The number of rotatable bonds is 4. The van der Waals surface area contributed by atoms with Gasteiger partial charge in [-0.2, -0.15) is 0 Å². The summed E-state index contributed by atoms with van der Waals surface area (Å²) in [6.07, 6.45) is 3.37. The number of benzene rings is 1. The Bertz CT molecular complexity index is 775. The van der Waals surface area contributed by atoms with Crippen LogP contribution in [-0.2, 0) is 29.0 Å². The summed E-state index contributed by atoms with van der Waals surface area (Å²) in [6.45, 7) is 0.402. The number of aliphatic carboxylic acids is 1. The van der Waals surface area contributed by atoms with Crippen LogP contribution in [-0.4, -0.2) is 38.0 Å². The van der Waals surface area contributed by atoms with Gasteiger partial charge in [-0.25, -0.2) is 0 Å². The van der Waals surface area contributed by atoms with E-state index in [-0.39, 0.29) is 30.5 Å². The average Bonchev–Trinajstić information content (AvgIpc) is 2.53. The number of amides is 1. The summed E-state index contributed by atoms with van der Waals surface area (Å²) in [5, 5.41) is 18.6. The maximum atomic E-state index is 12.7. The molecule has 0 spiro atoms. The van der Waals surface area contributed by atoms with Gasteiger partial charge in [-0.05, 0) is 29.2 Å². The van der Waals surface area contributed by atoms with Gasteiger partial charge in [-0.1, -0.05) is 24.3 Å². The predicted molar refractivity (Wildman–Crippen MR) is 86.3 cm³/mol. The highest BCUT2D eigenvalue weighted by Gasteiger charge is 2.31. The van der Waals surface area contributed by atoms with Crippen LogP contribution in [0.15, 0.2) is 42.7 Å². The molecule has 1 atom stereocenters. The third-order valence-corrected chi connectivity index (χ3v) is 4.22. The Labute approximate surface area is 139 Å². The SMILES string of the molecule is O=C(O)C[C@@H]1Cc2ccccc2CN1C(=O)Cc1cncc(O)c1. The van der Waals surface area contributed by atoms with E-state index in [2.05, 4.69) is 4.98 Å². The standard InChI is InChI=1S/C18H18N2O4/c21-16-5-12(9-19-10-16)6-17(22)20-11-14-4-2-1-3-13(14)7-15(20)8-18(23)24/h1-5,9-10,15,21H,6-8,11H2,(H,23,24)/t15-/m0/s1. The van der Waals surface area contributed by atoms with E-state index >= 15 is 0 Å². The van der Waals surface area contributed by atoms with Gasteiger partial charge in [-0.15, -0.1) is 0 Å². The maximum Gasteiger partial charge on any atom is 0.305 e. The smallest absolute Gasteiger partial charge is 0.305 e. The molecule has 1 aromatic heterocycles. The molecule has 3 rings (SSSR count). The number of carbonyl (C=O) groups excluding carboxylic acids is 1. The minimum Gasteiger partial charge on any atom is -0.506 e. The summed E-state index contributed by atoms with van der Waals surface area (Å²) in [7, 11) is 0. The van der Waals surface area contributed by atoms with Crippen LogP contribution >= 0.6 is 0 Å². The van der Waals surface area contributed by atoms with Crippen LogP contribution in [0.4, 0.5) is 0 Å². The molecule has 1 aliphatic rings. The summed E-state index contributed by atoms with van der Waals surface area (Å²) in [6, 6.07) is 8.91. The van der Waals surface area contributed by atoms with Crippen molar-refractivity contribution in [3.05, 3.63) is 59.4 Å². The lowest BCUT2D eigenvalue weighted by Gasteiger charge is -2.36. The van der Waals surface area contributed by atoms with Crippen molar-refractivity contribution in [2.45, 2.75) is 31.8 Å². The molecule has 1 aromatic carbocycles. The van der Waals surface area contributed by atoms with E-state index in [9.17, 15) is 14.7 Å². The van der Waals surface area contributed by atoms with Crippen molar-refractivity contribution in [3.63, 3.8) is 0 Å². The molecule has 124 valence electrons. The minimum absolute atomic E-state index is 0.00590. The van der Waals surface area contributed by atoms with Crippen molar-refractivity contribution in [2.75, 3.05) is 0 Å². The van der Waals surface area contributed by atoms with Crippen LogP contribution in [0.5, 0.6) is 5.75 Å². The average molecular weight is 326 g/mol. The number of carbonyl (C=O) groups is 2. The minimum atomic E-state index is -0.920. The van der Waals surface area contributed by atoms with Crippen LogP contribution in [0.25, 0.3) is 0 Å². The Balaban J connectivity index is 1.82. The Hall–Kier alpha value is -2.89. The van der Waals surface area contributed by atoms with Gasteiger partial charge in [0.1, 0.15) is 5.75 Å². The van der Waals surface area contributed by atoms with E-state index in [4.69, 9.17) is 5.11 Å². The Morgan fingerprint density at radius 3 is 2.67 bits per heavy atom. The summed E-state index contributed by atoms with van der Waals surface area (Å²) >= 11 is 0. The van der Waals surface area contributed by atoms with Gasteiger partial charge in [0.15, 0.2) is 0 Å². The molecular formula is C18H18N2O4. The Kier molecular flexibility index (Phi) is 4.46. The molecule has 0 radical (unpaired) electrons. The molecule has 24 heavy (non-hydrogen) atoms. The molecule has 0 saturated heterocycles. The summed E-state index contributed by atoms with van der Waals surface area (Å²) in [5.41, 5.74) is 2.74. The molecule has 2 heterocycles. The van der Waals surface area contributed by atoms with Crippen molar-refractivity contribution in [2.24, 2.45) is 0 Å². The van der Waals surface area contributed by atoms with Gasteiger partial charge in [-0.3, -0.25) is 14.6 Å². The van der Waals surface area contributed by atoms with Crippen LogP contribution in [0, 0.1) is 0 Å². The van der Waals surface area contributed by atoms with Crippen LogP contribution in [0.2, 0.25) is 0 Å². The van der Waals surface area contributed by atoms with E-state index in [0.717, 1.165) is 11.1 Å². The van der Waals surface area contributed by atoms with Gasteiger partial charge in [0.2, 0.25) is 5.91 Å². The van der Waals surface area contributed by atoms with E-state index in [1.807, 2.05) is 24.3 Å². The second-order valence-corrected chi connectivity index (χ2v) is 5.97. The van der Waals surface area contributed by atoms with E-state index in [1.54, 1.807) is 4.90 Å². The summed E-state index contributed by atoms with van der Waals surface area (Å²) in [4.78, 5) is 29.4. The van der Waals surface area contributed by atoms with Gasteiger partial charge in [0.05, 0.1) is 19.0 Å². The monoisotopic (exact) mass is 326 g/mol. The van der Waals surface area contributed by atoms with Gasteiger partial charge >= 0.3 is 5.97 Å². The number of carboxylic acid groups (broad SMARTS) is 1. The Morgan fingerprint density at radius 2 is 1.96 bits per heavy atom. The zero-order valence-corrected chi connectivity index (χ0v) is 13.1. The number of aromatic hydroxyl groups is 1. The third-order valence-electron chi connectivity index (χ3n) is 4.22. The lowest BCUT2D eigenvalue weighted by molar-refractivity contribution is -0.141. The molecule has 0 unspecified atom stereocenters. The first-order valence-corrected chi connectivity index (χ1v) is 7.74. The molecule has 0 fully saturated rings. The largest absolute Gasteiger partial charge is 0.506 e. The number of fused-ring (bicyclic) bond motifs is 1. The highest BCUT2D eigenvalue weighted by molar-refractivity contribution is 5.80. The second kappa shape index (κ2) is 6.70. The lowest BCUT2D eigenvalue weighted by atomic mass is 9.92. The number of hydrogen-bond donors (Lipinski definition) is 2. The van der Waals surface area contributed by atoms with Crippen LogP contribution in [0.3, 0.4) is 0 Å². The fourth-order valence-corrected chi connectivity index (χ4v) is 3.11. The number of carboxylic acids is 1. The quantitative estimate of drug-likeness (QED) is 0.893. The first-order chi connectivity index (χ1) is 11.5. The van der Waals surface area contributed by atoms with Gasteiger partial charge in [0, 0.05) is 18.8 Å². The molecule has 0 bridgehead atoms. The molecule has 1 aliphatic heterocycles. The molecule has 6 nitrogen and oxygen atoms in total. The topological polar surface area (TPSA) is 90.7 Å². The van der Waals surface area contributed by atoms with E-state index in [1.165, 1.54) is 18.5 Å². The number of pyridine rings is 1.